The Kier molecular flexibility index (Phi) is 19.6. The van der Waals surface area contributed by atoms with Crippen LogP contribution >= 0.6 is 11.6 Å². The van der Waals surface area contributed by atoms with E-state index in [1.54, 1.807) is 30.3 Å². The Hall–Kier alpha value is -2.53. The summed E-state index contributed by atoms with van der Waals surface area (Å²) in [4.78, 5) is 24.9. The molecule has 43 heavy (non-hydrogen) atoms. The monoisotopic (exact) mass is 614 g/mol. The third kappa shape index (κ3) is 16.2. The summed E-state index contributed by atoms with van der Waals surface area (Å²) >= 11 is 6.26. The second-order valence-electron chi connectivity index (χ2n) is 11.8. The van der Waals surface area contributed by atoms with Crippen LogP contribution in [-0.2, 0) is 4.74 Å². The van der Waals surface area contributed by atoms with Gasteiger partial charge in [0.05, 0.1) is 29.4 Å². The molecular formula is C37H55ClO5. The largest absolute Gasteiger partial charge is 0.494 e. The lowest BCUT2D eigenvalue weighted by molar-refractivity contribution is 0.0447. The average molecular weight is 615 g/mol. The van der Waals surface area contributed by atoms with Gasteiger partial charge >= 0.3 is 11.9 Å². The molecule has 0 aliphatic carbocycles. The van der Waals surface area contributed by atoms with Crippen LogP contribution in [0.1, 0.15) is 151 Å². The van der Waals surface area contributed by atoms with Gasteiger partial charge in [0.25, 0.3) is 0 Å². The summed E-state index contributed by atoms with van der Waals surface area (Å²) < 4.78 is 16.6. The lowest BCUT2D eigenvalue weighted by Crippen LogP contribution is -2.12. The quantitative estimate of drug-likeness (QED) is 0.0668. The molecule has 0 aliphatic heterocycles. The van der Waals surface area contributed by atoms with Gasteiger partial charge in [-0.05, 0) is 48.7 Å². The number of halogens is 1. The van der Waals surface area contributed by atoms with Gasteiger partial charge in [0.15, 0.2) is 0 Å². The Bertz CT molecular complexity index is 1040. The minimum atomic E-state index is -0.507. The normalized spacial score (nSPS) is 11.7. The summed E-state index contributed by atoms with van der Waals surface area (Å²) in [5.41, 5.74) is 0.651. The number of benzene rings is 2. The van der Waals surface area contributed by atoms with Crippen LogP contribution in [0.25, 0.3) is 0 Å². The fourth-order valence-electron chi connectivity index (χ4n) is 4.83. The Balaban J connectivity index is 1.54. The van der Waals surface area contributed by atoms with E-state index >= 15 is 0 Å². The zero-order valence-electron chi connectivity index (χ0n) is 27.0. The summed E-state index contributed by atoms with van der Waals surface area (Å²) in [6.07, 6.45) is 22.5. The van der Waals surface area contributed by atoms with E-state index in [0.717, 1.165) is 18.6 Å². The van der Waals surface area contributed by atoms with Crippen molar-refractivity contribution < 1.29 is 23.8 Å². The smallest absolute Gasteiger partial charge is 0.343 e. The van der Waals surface area contributed by atoms with Crippen molar-refractivity contribution in [3.05, 3.63) is 58.6 Å². The number of unbranched alkanes of at least 4 members (excludes halogenated alkanes) is 15. The molecule has 0 radical (unpaired) electrons. The molecule has 0 fully saturated rings. The lowest BCUT2D eigenvalue weighted by Gasteiger charge is -2.11. The van der Waals surface area contributed by atoms with Crippen LogP contribution in [0.4, 0.5) is 0 Å². The minimum Gasteiger partial charge on any atom is -0.494 e. The van der Waals surface area contributed by atoms with E-state index in [9.17, 15) is 9.59 Å². The Labute approximate surface area is 266 Å². The molecule has 2 aromatic rings. The van der Waals surface area contributed by atoms with E-state index in [-0.39, 0.29) is 22.3 Å². The van der Waals surface area contributed by atoms with Gasteiger partial charge in [-0.25, -0.2) is 9.59 Å². The fraction of sp³-hybridized carbons (Fsp3) is 0.622. The summed E-state index contributed by atoms with van der Waals surface area (Å²) in [7, 11) is 0. The molecule has 0 N–H and O–H groups in total. The molecule has 0 aromatic heterocycles. The summed E-state index contributed by atoms with van der Waals surface area (Å²) in [5.74, 6) is 0.280. The van der Waals surface area contributed by atoms with Gasteiger partial charge in [-0.1, -0.05) is 135 Å². The SMILES string of the molecule is CCCCCCCCCCCCCCCCCCOc1ccc(C(=O)Oc2ccc(C(=O)OCC(C)CC)c(Cl)c2)cc1. The van der Waals surface area contributed by atoms with Crippen molar-refractivity contribution in [1.29, 1.82) is 0 Å². The van der Waals surface area contributed by atoms with Crippen molar-refractivity contribution >= 4 is 23.5 Å². The molecule has 0 saturated heterocycles. The fourth-order valence-corrected chi connectivity index (χ4v) is 5.08. The first-order chi connectivity index (χ1) is 20.9. The molecule has 2 rings (SSSR count). The van der Waals surface area contributed by atoms with Crippen molar-refractivity contribution in [3.63, 3.8) is 0 Å². The first-order valence-corrected chi connectivity index (χ1v) is 17.2. The molecule has 0 heterocycles. The molecule has 6 heteroatoms. The van der Waals surface area contributed by atoms with Crippen molar-refractivity contribution in [2.24, 2.45) is 5.92 Å². The first kappa shape index (κ1) is 36.7. The van der Waals surface area contributed by atoms with Crippen molar-refractivity contribution in [2.45, 2.75) is 130 Å². The third-order valence-electron chi connectivity index (χ3n) is 7.92. The van der Waals surface area contributed by atoms with Crippen LogP contribution in [0.3, 0.4) is 0 Å². The topological polar surface area (TPSA) is 61.8 Å². The average Bonchev–Trinajstić information content (AvgIpc) is 3.01. The first-order valence-electron chi connectivity index (χ1n) is 16.9. The highest BCUT2D eigenvalue weighted by Gasteiger charge is 2.16. The third-order valence-corrected chi connectivity index (χ3v) is 8.24. The number of rotatable bonds is 24. The number of esters is 2. The highest BCUT2D eigenvalue weighted by atomic mass is 35.5. The van der Waals surface area contributed by atoms with E-state index in [1.807, 2.05) is 13.8 Å². The van der Waals surface area contributed by atoms with Crippen molar-refractivity contribution in [2.75, 3.05) is 13.2 Å². The molecule has 1 unspecified atom stereocenters. The summed E-state index contributed by atoms with van der Waals surface area (Å²) in [5, 5.41) is 0.178. The second kappa shape index (κ2) is 22.9. The van der Waals surface area contributed by atoms with Gasteiger partial charge in [0.1, 0.15) is 11.5 Å². The molecule has 5 nitrogen and oxygen atoms in total. The molecule has 0 saturated carbocycles. The Morgan fingerprint density at radius 3 is 1.70 bits per heavy atom. The molecule has 1 atom stereocenters. The van der Waals surface area contributed by atoms with Crippen LogP contribution < -0.4 is 9.47 Å². The van der Waals surface area contributed by atoms with Crippen LogP contribution in [0.15, 0.2) is 42.5 Å². The Morgan fingerprint density at radius 2 is 1.19 bits per heavy atom. The molecular weight excluding hydrogens is 560 g/mol. The molecule has 0 aliphatic rings. The number of carbonyl (C=O) groups is 2. The molecule has 2 aromatic carbocycles. The van der Waals surface area contributed by atoms with Gasteiger partial charge in [-0.15, -0.1) is 0 Å². The van der Waals surface area contributed by atoms with Crippen molar-refractivity contribution in [3.8, 4) is 11.5 Å². The number of ether oxygens (including phenoxy) is 3. The maximum absolute atomic E-state index is 12.6. The van der Waals surface area contributed by atoms with Gasteiger partial charge in [-0.3, -0.25) is 0 Å². The predicted molar refractivity (Wildman–Crippen MR) is 178 cm³/mol. The van der Waals surface area contributed by atoms with E-state index in [0.29, 0.717) is 18.8 Å². The van der Waals surface area contributed by atoms with Crippen LogP contribution in [0.2, 0.25) is 5.02 Å². The molecule has 0 spiro atoms. The second-order valence-corrected chi connectivity index (χ2v) is 12.2. The van der Waals surface area contributed by atoms with Gasteiger partial charge in [0, 0.05) is 6.07 Å². The van der Waals surface area contributed by atoms with Crippen LogP contribution in [0.5, 0.6) is 11.5 Å². The van der Waals surface area contributed by atoms with E-state index in [2.05, 4.69) is 6.92 Å². The molecule has 0 amide bonds. The highest BCUT2D eigenvalue weighted by molar-refractivity contribution is 6.33. The predicted octanol–water partition coefficient (Wildman–Crippen LogP) is 11.4. The standard InChI is InChI=1S/C37H55ClO5/c1-4-6-7-8-9-10-11-12-13-14-15-16-17-18-19-20-27-41-32-23-21-31(22-24-32)36(39)43-33-25-26-34(35(38)28-33)37(40)42-29-30(3)5-2/h21-26,28,30H,4-20,27,29H2,1-3H3. The highest BCUT2D eigenvalue weighted by Crippen LogP contribution is 2.25. The zero-order chi connectivity index (χ0) is 31.1. The molecule has 0 bridgehead atoms. The minimum absolute atomic E-state index is 0.178. The molecule has 240 valence electrons. The summed E-state index contributed by atoms with van der Waals surface area (Å²) in [6.45, 7) is 7.34. The Morgan fingerprint density at radius 1 is 0.674 bits per heavy atom. The lowest BCUT2D eigenvalue weighted by atomic mass is 10.0. The van der Waals surface area contributed by atoms with Crippen LogP contribution in [0, 0.1) is 5.92 Å². The maximum Gasteiger partial charge on any atom is 0.343 e. The number of hydrogen-bond acceptors (Lipinski definition) is 5. The summed E-state index contributed by atoms with van der Waals surface area (Å²) in [6, 6.07) is 11.5. The number of carbonyl (C=O) groups excluding carboxylic acids is 2. The van der Waals surface area contributed by atoms with E-state index < -0.39 is 11.9 Å². The number of hydrogen-bond donors (Lipinski definition) is 0. The maximum atomic E-state index is 12.6. The zero-order valence-corrected chi connectivity index (χ0v) is 27.7. The van der Waals surface area contributed by atoms with Crippen molar-refractivity contribution in [1.82, 2.24) is 0 Å². The van der Waals surface area contributed by atoms with Gasteiger partial charge in [0.2, 0.25) is 0 Å². The van der Waals surface area contributed by atoms with Gasteiger partial charge in [-0.2, -0.15) is 0 Å². The van der Waals surface area contributed by atoms with E-state index in [4.69, 9.17) is 25.8 Å². The van der Waals surface area contributed by atoms with Gasteiger partial charge < -0.3 is 14.2 Å². The van der Waals surface area contributed by atoms with Crippen LogP contribution in [-0.4, -0.2) is 25.2 Å². The van der Waals surface area contributed by atoms with E-state index in [1.165, 1.54) is 108 Å².